The second-order valence-corrected chi connectivity index (χ2v) is 4.97. The zero-order chi connectivity index (χ0) is 17.1. The largest absolute Gasteiger partial charge is 0.364 e. The number of aromatic nitrogens is 2. The molecule has 24 heavy (non-hydrogen) atoms. The van der Waals surface area contributed by atoms with Gasteiger partial charge in [-0.05, 0) is 42.5 Å². The maximum atomic E-state index is 13.3. The molecule has 1 amide bonds. The highest BCUT2D eigenvalue weighted by atomic mass is 19.1. The van der Waals surface area contributed by atoms with Crippen LogP contribution in [0.3, 0.4) is 0 Å². The SMILES string of the molecule is NC(=O)c1cc(Nc2cccc(F)c2)nc(-c2ccc(F)cc2)n1. The maximum Gasteiger partial charge on any atom is 0.267 e. The van der Waals surface area contributed by atoms with Crippen molar-refractivity contribution in [1.29, 1.82) is 0 Å². The van der Waals surface area contributed by atoms with Gasteiger partial charge in [0, 0.05) is 17.3 Å². The fraction of sp³-hybridized carbons (Fsp3) is 0. The number of nitrogens with one attached hydrogen (secondary N) is 1. The number of hydrogen-bond acceptors (Lipinski definition) is 4. The number of primary amides is 1. The van der Waals surface area contributed by atoms with Crippen LogP contribution in [0.1, 0.15) is 10.5 Å². The van der Waals surface area contributed by atoms with Crippen LogP contribution >= 0.6 is 0 Å². The van der Waals surface area contributed by atoms with Crippen LogP contribution < -0.4 is 11.1 Å². The van der Waals surface area contributed by atoms with E-state index >= 15 is 0 Å². The van der Waals surface area contributed by atoms with Gasteiger partial charge in [-0.3, -0.25) is 4.79 Å². The summed E-state index contributed by atoms with van der Waals surface area (Å²) in [6, 6.07) is 12.6. The van der Waals surface area contributed by atoms with Gasteiger partial charge in [0.25, 0.3) is 5.91 Å². The third-order valence-corrected chi connectivity index (χ3v) is 3.18. The number of nitrogens with zero attached hydrogens (tertiary/aromatic N) is 2. The summed E-state index contributed by atoms with van der Waals surface area (Å²) in [6.45, 7) is 0. The average Bonchev–Trinajstić information content (AvgIpc) is 2.55. The smallest absolute Gasteiger partial charge is 0.267 e. The Morgan fingerprint density at radius 1 is 0.958 bits per heavy atom. The fourth-order valence-corrected chi connectivity index (χ4v) is 2.08. The van der Waals surface area contributed by atoms with E-state index in [2.05, 4.69) is 15.3 Å². The van der Waals surface area contributed by atoms with Gasteiger partial charge in [-0.25, -0.2) is 18.7 Å². The molecule has 0 saturated carbocycles. The van der Waals surface area contributed by atoms with E-state index in [-0.39, 0.29) is 17.3 Å². The van der Waals surface area contributed by atoms with E-state index in [4.69, 9.17) is 5.73 Å². The van der Waals surface area contributed by atoms with Gasteiger partial charge in [0.15, 0.2) is 5.82 Å². The normalized spacial score (nSPS) is 10.4. The molecule has 0 aliphatic heterocycles. The number of nitrogens with two attached hydrogens (primary N) is 1. The molecule has 0 fully saturated rings. The highest BCUT2D eigenvalue weighted by Crippen LogP contribution is 2.21. The van der Waals surface area contributed by atoms with E-state index in [0.717, 1.165) is 0 Å². The van der Waals surface area contributed by atoms with Gasteiger partial charge >= 0.3 is 0 Å². The van der Waals surface area contributed by atoms with Gasteiger partial charge in [-0.2, -0.15) is 0 Å². The van der Waals surface area contributed by atoms with Crippen molar-refractivity contribution < 1.29 is 13.6 Å². The van der Waals surface area contributed by atoms with Crippen molar-refractivity contribution in [2.24, 2.45) is 5.73 Å². The summed E-state index contributed by atoms with van der Waals surface area (Å²) in [5.41, 5.74) is 6.25. The van der Waals surface area contributed by atoms with Crippen LogP contribution in [0, 0.1) is 11.6 Å². The summed E-state index contributed by atoms with van der Waals surface area (Å²) in [6.07, 6.45) is 0. The van der Waals surface area contributed by atoms with Gasteiger partial charge in [-0.1, -0.05) is 6.07 Å². The summed E-state index contributed by atoms with van der Waals surface area (Å²) in [7, 11) is 0. The molecule has 1 aromatic heterocycles. The van der Waals surface area contributed by atoms with Crippen LogP contribution in [-0.2, 0) is 0 Å². The number of hydrogen-bond donors (Lipinski definition) is 2. The molecule has 0 spiro atoms. The standard InChI is InChI=1S/C17H12F2N4O/c18-11-6-4-10(5-7-11)17-22-14(16(20)24)9-15(23-17)21-13-3-1-2-12(19)8-13/h1-9H,(H2,20,24)(H,21,22,23). The highest BCUT2D eigenvalue weighted by molar-refractivity contribution is 5.92. The van der Waals surface area contributed by atoms with Crippen molar-refractivity contribution in [3.05, 3.63) is 71.9 Å². The van der Waals surface area contributed by atoms with Crippen LogP contribution in [0.2, 0.25) is 0 Å². The lowest BCUT2D eigenvalue weighted by molar-refractivity contribution is 0.0995. The first-order chi connectivity index (χ1) is 11.5. The van der Waals surface area contributed by atoms with Crippen LogP contribution in [0.5, 0.6) is 0 Å². The Labute approximate surface area is 136 Å². The Hall–Kier alpha value is -3.35. The van der Waals surface area contributed by atoms with Gasteiger partial charge in [0.1, 0.15) is 23.1 Å². The van der Waals surface area contributed by atoms with E-state index in [1.54, 1.807) is 6.07 Å². The Morgan fingerprint density at radius 2 is 1.71 bits per heavy atom. The number of benzene rings is 2. The van der Waals surface area contributed by atoms with E-state index in [1.807, 2.05) is 0 Å². The number of anilines is 2. The van der Waals surface area contributed by atoms with Gasteiger partial charge < -0.3 is 11.1 Å². The number of amides is 1. The van der Waals surface area contributed by atoms with Gasteiger partial charge in [0.2, 0.25) is 0 Å². The molecule has 0 aliphatic rings. The van der Waals surface area contributed by atoms with E-state index in [1.165, 1.54) is 48.5 Å². The zero-order valence-corrected chi connectivity index (χ0v) is 12.3. The first-order valence-electron chi connectivity index (χ1n) is 6.99. The quantitative estimate of drug-likeness (QED) is 0.771. The summed E-state index contributed by atoms with van der Waals surface area (Å²) in [5, 5.41) is 2.89. The van der Waals surface area contributed by atoms with Crippen LogP contribution in [-0.4, -0.2) is 15.9 Å². The van der Waals surface area contributed by atoms with Crippen molar-refractivity contribution in [3.8, 4) is 11.4 Å². The summed E-state index contributed by atoms with van der Waals surface area (Å²) >= 11 is 0. The molecule has 0 bridgehead atoms. The first-order valence-corrected chi connectivity index (χ1v) is 6.99. The minimum atomic E-state index is -0.733. The molecule has 2 aromatic carbocycles. The Kier molecular flexibility index (Phi) is 4.15. The van der Waals surface area contributed by atoms with E-state index in [0.29, 0.717) is 11.3 Å². The number of carbonyl (C=O) groups excluding carboxylic acids is 1. The first kappa shape index (κ1) is 15.5. The molecule has 3 aromatic rings. The Bertz CT molecular complexity index is 897. The molecule has 0 atom stereocenters. The zero-order valence-electron chi connectivity index (χ0n) is 12.3. The third kappa shape index (κ3) is 3.52. The molecule has 0 saturated heterocycles. The molecular formula is C17H12F2N4O. The van der Waals surface area contributed by atoms with Crippen LogP contribution in [0.15, 0.2) is 54.6 Å². The topological polar surface area (TPSA) is 80.9 Å². The number of halogens is 2. The van der Waals surface area contributed by atoms with Crippen molar-refractivity contribution in [3.63, 3.8) is 0 Å². The lowest BCUT2D eigenvalue weighted by Crippen LogP contribution is -2.14. The molecule has 5 nitrogen and oxygen atoms in total. The average molecular weight is 326 g/mol. The Morgan fingerprint density at radius 3 is 2.38 bits per heavy atom. The third-order valence-electron chi connectivity index (χ3n) is 3.18. The van der Waals surface area contributed by atoms with Crippen molar-refractivity contribution >= 4 is 17.4 Å². The second-order valence-electron chi connectivity index (χ2n) is 4.97. The van der Waals surface area contributed by atoms with Crippen molar-refractivity contribution in [2.45, 2.75) is 0 Å². The summed E-state index contributed by atoms with van der Waals surface area (Å²) < 4.78 is 26.3. The minimum Gasteiger partial charge on any atom is -0.364 e. The predicted octanol–water partition coefficient (Wildman–Crippen LogP) is 3.26. The molecule has 0 unspecified atom stereocenters. The van der Waals surface area contributed by atoms with Crippen molar-refractivity contribution in [1.82, 2.24) is 9.97 Å². The maximum absolute atomic E-state index is 13.3. The molecule has 1 heterocycles. The molecule has 3 rings (SSSR count). The molecule has 7 heteroatoms. The molecule has 0 radical (unpaired) electrons. The Balaban J connectivity index is 2.02. The minimum absolute atomic E-state index is 0.0109. The molecule has 0 aliphatic carbocycles. The van der Waals surface area contributed by atoms with Crippen LogP contribution in [0.4, 0.5) is 20.3 Å². The van der Waals surface area contributed by atoms with E-state index < -0.39 is 17.5 Å². The molecule has 3 N–H and O–H groups in total. The summed E-state index contributed by atoms with van der Waals surface area (Å²) in [4.78, 5) is 19.8. The van der Waals surface area contributed by atoms with Crippen molar-refractivity contribution in [2.75, 3.05) is 5.32 Å². The lowest BCUT2D eigenvalue weighted by atomic mass is 10.2. The molecular weight excluding hydrogens is 314 g/mol. The van der Waals surface area contributed by atoms with Crippen LogP contribution in [0.25, 0.3) is 11.4 Å². The lowest BCUT2D eigenvalue weighted by Gasteiger charge is -2.09. The van der Waals surface area contributed by atoms with Gasteiger partial charge in [0.05, 0.1) is 0 Å². The fourth-order valence-electron chi connectivity index (χ4n) is 2.08. The number of rotatable bonds is 4. The van der Waals surface area contributed by atoms with Gasteiger partial charge in [-0.15, -0.1) is 0 Å². The molecule has 120 valence electrons. The number of carbonyl (C=O) groups is 1. The summed E-state index contributed by atoms with van der Waals surface area (Å²) in [5.74, 6) is -1.08. The second kappa shape index (κ2) is 6.41. The predicted molar refractivity (Wildman–Crippen MR) is 85.6 cm³/mol. The van der Waals surface area contributed by atoms with E-state index in [9.17, 15) is 13.6 Å². The highest BCUT2D eigenvalue weighted by Gasteiger charge is 2.11. The monoisotopic (exact) mass is 326 g/mol.